The molecular weight excluding hydrogens is 487 g/mol. The van der Waals surface area contributed by atoms with Gasteiger partial charge in [0, 0.05) is 3.57 Å². The average molecular weight is 508 g/mol. The highest BCUT2D eigenvalue weighted by Crippen LogP contribution is 2.30. The van der Waals surface area contributed by atoms with Crippen molar-refractivity contribution in [2.24, 2.45) is 0 Å². The lowest BCUT2D eigenvalue weighted by molar-refractivity contribution is 0.348. The van der Waals surface area contributed by atoms with Crippen LogP contribution >= 0.6 is 22.6 Å². The zero-order chi connectivity index (χ0) is 20.4. The maximum Gasteiger partial charge on any atom is 0.339 e. The fraction of sp³-hybridized carbons (Fsp3) is 0.0909. The van der Waals surface area contributed by atoms with E-state index in [2.05, 4.69) is 41.3 Å². The molecule has 3 rings (SSSR count). The molecule has 0 aliphatic carbocycles. The van der Waals surface area contributed by atoms with Gasteiger partial charge in [0.05, 0.1) is 0 Å². The van der Waals surface area contributed by atoms with Crippen LogP contribution in [0.1, 0.15) is 5.56 Å². The van der Waals surface area contributed by atoms with E-state index in [4.69, 9.17) is 8.92 Å². The van der Waals surface area contributed by atoms with E-state index in [0.29, 0.717) is 11.3 Å². The molecular formula is C22H21IO4S. The number of benzene rings is 3. The molecule has 0 heterocycles. The summed E-state index contributed by atoms with van der Waals surface area (Å²) in [6.45, 7) is 5.54. The highest BCUT2D eigenvalue weighted by atomic mass is 127. The van der Waals surface area contributed by atoms with Gasteiger partial charge in [0.15, 0.2) is 11.5 Å². The van der Waals surface area contributed by atoms with Crippen LogP contribution in [-0.2, 0) is 10.1 Å². The highest BCUT2D eigenvalue weighted by molar-refractivity contribution is 14.1. The Morgan fingerprint density at radius 2 is 1.46 bits per heavy atom. The third-order valence-corrected chi connectivity index (χ3v) is 5.62. The van der Waals surface area contributed by atoms with Gasteiger partial charge in [-0.15, -0.1) is 0 Å². The Morgan fingerprint density at radius 1 is 0.893 bits per heavy atom. The molecule has 0 amide bonds. The Bertz CT molecular complexity index is 1000. The van der Waals surface area contributed by atoms with Gasteiger partial charge in [0.25, 0.3) is 0 Å². The van der Waals surface area contributed by atoms with Crippen LogP contribution in [0.15, 0.2) is 96.4 Å². The molecule has 0 N–H and O–H groups in total. The van der Waals surface area contributed by atoms with Crippen molar-refractivity contribution in [3.8, 4) is 11.5 Å². The van der Waals surface area contributed by atoms with Crippen LogP contribution in [0.5, 0.6) is 11.5 Å². The minimum absolute atomic E-state index is 0.142. The maximum atomic E-state index is 12.4. The lowest BCUT2D eigenvalue weighted by Gasteiger charge is -2.12. The fourth-order valence-electron chi connectivity index (χ4n) is 2.20. The van der Waals surface area contributed by atoms with Crippen LogP contribution < -0.4 is 8.92 Å². The Labute approximate surface area is 180 Å². The monoisotopic (exact) mass is 508 g/mol. The lowest BCUT2D eigenvalue weighted by Crippen LogP contribution is -2.12. The molecule has 0 saturated heterocycles. The van der Waals surface area contributed by atoms with E-state index < -0.39 is 10.1 Å². The van der Waals surface area contributed by atoms with E-state index in [9.17, 15) is 8.42 Å². The van der Waals surface area contributed by atoms with Crippen molar-refractivity contribution >= 4 is 32.7 Å². The summed E-state index contributed by atoms with van der Waals surface area (Å²) in [6.07, 6.45) is 1.58. The molecule has 0 spiro atoms. The Kier molecular flexibility index (Phi) is 8.53. The number of para-hydroxylation sites is 2. The summed E-state index contributed by atoms with van der Waals surface area (Å²) in [4.78, 5) is 0.142. The Morgan fingerprint density at radius 3 is 2.04 bits per heavy atom. The minimum Gasteiger partial charge on any atom is -0.486 e. The summed E-state index contributed by atoms with van der Waals surface area (Å²) in [6, 6.07) is 23.5. The topological polar surface area (TPSA) is 52.6 Å². The first kappa shape index (κ1) is 22.0. The van der Waals surface area contributed by atoms with E-state index >= 15 is 0 Å². The molecule has 3 aromatic carbocycles. The van der Waals surface area contributed by atoms with Crippen molar-refractivity contribution in [3.05, 3.63) is 101 Å². The normalized spacial score (nSPS) is 10.4. The number of halogens is 1. The zero-order valence-electron chi connectivity index (χ0n) is 15.4. The predicted octanol–water partition coefficient (Wildman–Crippen LogP) is 5.62. The van der Waals surface area contributed by atoms with Crippen LogP contribution in [0.2, 0.25) is 0 Å². The van der Waals surface area contributed by atoms with Gasteiger partial charge in [-0.3, -0.25) is 0 Å². The van der Waals surface area contributed by atoms with Gasteiger partial charge in [0.2, 0.25) is 0 Å². The van der Waals surface area contributed by atoms with Crippen LogP contribution in [0.3, 0.4) is 0 Å². The zero-order valence-corrected chi connectivity index (χ0v) is 18.4. The maximum absolute atomic E-state index is 12.4. The van der Waals surface area contributed by atoms with Gasteiger partial charge >= 0.3 is 10.1 Å². The number of hydrogen-bond acceptors (Lipinski definition) is 4. The van der Waals surface area contributed by atoms with Crippen molar-refractivity contribution in [2.75, 3.05) is 6.61 Å². The summed E-state index contributed by atoms with van der Waals surface area (Å²) in [7, 11) is -3.90. The van der Waals surface area contributed by atoms with Crippen molar-refractivity contribution in [1.29, 1.82) is 0 Å². The third kappa shape index (κ3) is 6.69. The van der Waals surface area contributed by atoms with Gasteiger partial charge < -0.3 is 8.92 Å². The summed E-state index contributed by atoms with van der Waals surface area (Å²) in [5.41, 5.74) is 0.627. The average Bonchev–Trinajstić information content (AvgIpc) is 2.68. The summed E-state index contributed by atoms with van der Waals surface area (Å²) >= 11 is 2.28. The van der Waals surface area contributed by atoms with Gasteiger partial charge in [-0.05, 0) is 65.4 Å². The number of ether oxygens (including phenoxy) is 1. The quantitative estimate of drug-likeness (QED) is 0.247. The molecule has 4 nitrogen and oxygen atoms in total. The van der Waals surface area contributed by atoms with Crippen molar-refractivity contribution in [3.63, 3.8) is 0 Å². The van der Waals surface area contributed by atoms with Crippen LogP contribution in [-0.4, -0.2) is 15.0 Å². The molecule has 0 aromatic heterocycles. The van der Waals surface area contributed by atoms with E-state index in [1.54, 1.807) is 55.5 Å². The molecule has 3 aromatic rings. The van der Waals surface area contributed by atoms with Crippen LogP contribution in [0.4, 0.5) is 0 Å². The third-order valence-electron chi connectivity index (χ3n) is 3.50. The first-order chi connectivity index (χ1) is 13.4. The Hall–Kier alpha value is -2.32. The minimum atomic E-state index is -3.90. The molecule has 28 heavy (non-hydrogen) atoms. The SMILES string of the molecule is C=CCOc1ccccc1OS(=O)(=O)c1ccccc1C.Ic1ccccc1. The smallest absolute Gasteiger partial charge is 0.339 e. The molecule has 146 valence electrons. The molecule has 0 fully saturated rings. The predicted molar refractivity (Wildman–Crippen MR) is 120 cm³/mol. The largest absolute Gasteiger partial charge is 0.486 e. The van der Waals surface area contributed by atoms with Crippen LogP contribution in [0.25, 0.3) is 0 Å². The number of rotatable bonds is 6. The molecule has 0 saturated carbocycles. The summed E-state index contributed by atoms with van der Waals surface area (Å²) in [5.74, 6) is 0.511. The standard InChI is InChI=1S/C16H16O4S.C6H5I/c1-3-12-19-14-9-5-6-10-15(14)20-21(17,18)16-11-7-4-8-13(16)2;7-6-4-2-1-3-5-6/h3-11H,1,12H2,2H3;1-5H. The Balaban J connectivity index is 0.000000336. The molecule has 0 aliphatic heterocycles. The van der Waals surface area contributed by atoms with Crippen LogP contribution in [0, 0.1) is 10.5 Å². The molecule has 0 unspecified atom stereocenters. The van der Waals surface area contributed by atoms with Gasteiger partial charge in [-0.1, -0.05) is 61.2 Å². The van der Waals surface area contributed by atoms with Gasteiger partial charge in [-0.25, -0.2) is 0 Å². The van der Waals surface area contributed by atoms with Crippen molar-refractivity contribution in [2.45, 2.75) is 11.8 Å². The highest BCUT2D eigenvalue weighted by Gasteiger charge is 2.20. The second-order valence-corrected chi connectivity index (χ2v) is 8.41. The molecule has 0 bridgehead atoms. The summed E-state index contributed by atoms with van der Waals surface area (Å²) in [5, 5.41) is 0. The van der Waals surface area contributed by atoms with E-state index in [1.807, 2.05) is 18.2 Å². The molecule has 0 radical (unpaired) electrons. The summed E-state index contributed by atoms with van der Waals surface area (Å²) < 4.78 is 36.6. The first-order valence-corrected chi connectivity index (χ1v) is 11.0. The van der Waals surface area contributed by atoms with Gasteiger partial charge in [-0.2, -0.15) is 8.42 Å². The number of hydrogen-bond donors (Lipinski definition) is 0. The second kappa shape index (κ2) is 10.9. The molecule has 6 heteroatoms. The van der Waals surface area contributed by atoms with Crippen molar-refractivity contribution in [1.82, 2.24) is 0 Å². The van der Waals surface area contributed by atoms with Gasteiger partial charge in [0.1, 0.15) is 11.5 Å². The van der Waals surface area contributed by atoms with Crippen molar-refractivity contribution < 1.29 is 17.3 Å². The van der Waals surface area contributed by atoms with E-state index in [-0.39, 0.29) is 17.3 Å². The van der Waals surface area contributed by atoms with E-state index in [1.165, 1.54) is 9.64 Å². The molecule has 0 aliphatic rings. The molecule has 0 atom stereocenters. The fourth-order valence-corrected chi connectivity index (χ4v) is 3.79. The lowest BCUT2D eigenvalue weighted by atomic mass is 10.2. The number of aryl methyl sites for hydroxylation is 1. The second-order valence-electron chi connectivity index (χ2n) is 5.64. The van der Waals surface area contributed by atoms with E-state index in [0.717, 1.165) is 0 Å². The first-order valence-electron chi connectivity index (χ1n) is 8.47.